The average Bonchev–Trinajstić information content (AvgIpc) is 3.40. The summed E-state index contributed by atoms with van der Waals surface area (Å²) in [6.07, 6.45) is 4.86. The van der Waals surface area contributed by atoms with E-state index in [4.69, 9.17) is 0 Å². The van der Waals surface area contributed by atoms with Gasteiger partial charge in [0.05, 0.1) is 6.20 Å². The molecule has 7 heteroatoms. The number of carbonyl (C=O) groups is 2. The number of aromatic nitrogens is 2. The molecule has 1 fully saturated rings. The van der Waals surface area contributed by atoms with E-state index in [0.717, 1.165) is 12.8 Å². The van der Waals surface area contributed by atoms with E-state index in [1.54, 1.807) is 35.4 Å². The fraction of sp³-hybridized carbons (Fsp3) is 0.294. The molecule has 0 radical (unpaired) electrons. The third-order valence-corrected chi connectivity index (χ3v) is 3.70. The molecule has 0 aliphatic heterocycles. The zero-order valence-electron chi connectivity index (χ0n) is 13.6. The Hall–Kier alpha value is -2.96. The van der Waals surface area contributed by atoms with Gasteiger partial charge in [-0.25, -0.2) is 9.97 Å². The van der Waals surface area contributed by atoms with E-state index < -0.39 is 0 Å². The van der Waals surface area contributed by atoms with Crippen molar-refractivity contribution < 1.29 is 9.59 Å². The molecular formula is C17H19N5O2. The van der Waals surface area contributed by atoms with Crippen LogP contribution in [0.15, 0.2) is 36.8 Å². The van der Waals surface area contributed by atoms with Gasteiger partial charge in [0, 0.05) is 31.3 Å². The largest absolute Gasteiger partial charge is 0.361 e. The highest BCUT2D eigenvalue weighted by Gasteiger charge is 2.29. The maximum atomic E-state index is 12.5. The minimum absolute atomic E-state index is 0.0129. The van der Waals surface area contributed by atoms with Crippen LogP contribution in [0.25, 0.3) is 0 Å². The minimum atomic E-state index is -0.282. The van der Waals surface area contributed by atoms with Crippen LogP contribution in [-0.4, -0.2) is 35.9 Å². The molecule has 124 valence electrons. The first-order chi connectivity index (χ1) is 11.5. The van der Waals surface area contributed by atoms with Gasteiger partial charge in [-0.3, -0.25) is 9.59 Å². The van der Waals surface area contributed by atoms with Crippen molar-refractivity contribution in [3.05, 3.63) is 42.4 Å². The first-order valence-electron chi connectivity index (χ1n) is 7.74. The summed E-state index contributed by atoms with van der Waals surface area (Å²) in [7, 11) is 3.68. The lowest BCUT2D eigenvalue weighted by Crippen LogP contribution is -2.18. The Balaban J connectivity index is 1.74. The lowest BCUT2D eigenvalue weighted by molar-refractivity contribution is -0.117. The van der Waals surface area contributed by atoms with Gasteiger partial charge in [0.2, 0.25) is 5.91 Å². The summed E-state index contributed by atoms with van der Waals surface area (Å²) >= 11 is 0. The molecule has 3 rings (SSSR count). The number of carbonyl (C=O) groups excluding carboxylic acids is 2. The van der Waals surface area contributed by atoms with E-state index in [0.29, 0.717) is 22.8 Å². The van der Waals surface area contributed by atoms with Crippen LogP contribution in [0.1, 0.15) is 23.2 Å². The molecule has 0 unspecified atom stereocenters. The van der Waals surface area contributed by atoms with Gasteiger partial charge in [-0.15, -0.1) is 0 Å². The summed E-state index contributed by atoms with van der Waals surface area (Å²) in [4.78, 5) is 34.2. The molecule has 0 atom stereocenters. The zero-order chi connectivity index (χ0) is 17.1. The SMILES string of the molecule is CN(C)c1ncncc1NC(=O)c1cccc(NC(=O)C2CC2)c1. The van der Waals surface area contributed by atoms with Gasteiger partial charge in [0.15, 0.2) is 5.82 Å². The smallest absolute Gasteiger partial charge is 0.255 e. The highest BCUT2D eigenvalue weighted by molar-refractivity contribution is 6.06. The van der Waals surface area contributed by atoms with E-state index in [1.807, 2.05) is 14.1 Å². The molecular weight excluding hydrogens is 306 g/mol. The molecule has 1 aliphatic carbocycles. The van der Waals surface area contributed by atoms with Gasteiger partial charge in [-0.1, -0.05) is 6.07 Å². The van der Waals surface area contributed by atoms with Gasteiger partial charge >= 0.3 is 0 Å². The molecule has 2 amide bonds. The van der Waals surface area contributed by atoms with Gasteiger partial charge in [-0.2, -0.15) is 0 Å². The number of hydrogen-bond acceptors (Lipinski definition) is 5. The van der Waals surface area contributed by atoms with Crippen molar-refractivity contribution in [2.24, 2.45) is 5.92 Å². The summed E-state index contributed by atoms with van der Waals surface area (Å²) in [6.45, 7) is 0. The molecule has 1 heterocycles. The van der Waals surface area contributed by atoms with E-state index >= 15 is 0 Å². The zero-order valence-corrected chi connectivity index (χ0v) is 13.6. The lowest BCUT2D eigenvalue weighted by Gasteiger charge is -2.15. The maximum absolute atomic E-state index is 12.5. The Morgan fingerprint density at radius 1 is 1.21 bits per heavy atom. The van der Waals surface area contributed by atoms with Crippen molar-refractivity contribution in [3.8, 4) is 0 Å². The Kier molecular flexibility index (Phi) is 4.41. The van der Waals surface area contributed by atoms with E-state index in [-0.39, 0.29) is 17.7 Å². The van der Waals surface area contributed by atoms with Crippen molar-refractivity contribution in [1.82, 2.24) is 9.97 Å². The monoisotopic (exact) mass is 325 g/mol. The molecule has 1 aliphatic rings. The van der Waals surface area contributed by atoms with Crippen molar-refractivity contribution in [2.45, 2.75) is 12.8 Å². The van der Waals surface area contributed by atoms with Crippen LogP contribution in [0.4, 0.5) is 17.2 Å². The fourth-order valence-electron chi connectivity index (χ4n) is 2.29. The number of benzene rings is 1. The number of anilines is 3. The topological polar surface area (TPSA) is 87.2 Å². The number of rotatable bonds is 5. The first kappa shape index (κ1) is 15.9. The highest BCUT2D eigenvalue weighted by Crippen LogP contribution is 2.30. The van der Waals surface area contributed by atoms with Crippen molar-refractivity contribution in [1.29, 1.82) is 0 Å². The Labute approximate surface area is 140 Å². The maximum Gasteiger partial charge on any atom is 0.255 e. The highest BCUT2D eigenvalue weighted by atomic mass is 16.2. The summed E-state index contributed by atoms with van der Waals surface area (Å²) in [5, 5.41) is 5.65. The third-order valence-electron chi connectivity index (χ3n) is 3.70. The van der Waals surface area contributed by atoms with Gasteiger partial charge in [0.25, 0.3) is 5.91 Å². The Morgan fingerprint density at radius 3 is 2.71 bits per heavy atom. The predicted molar refractivity (Wildman–Crippen MR) is 92.1 cm³/mol. The number of amides is 2. The van der Waals surface area contributed by atoms with E-state index in [2.05, 4.69) is 20.6 Å². The van der Waals surface area contributed by atoms with Crippen LogP contribution in [0, 0.1) is 5.92 Å². The Morgan fingerprint density at radius 2 is 2.00 bits per heavy atom. The molecule has 1 aromatic heterocycles. The minimum Gasteiger partial charge on any atom is -0.361 e. The summed E-state index contributed by atoms with van der Waals surface area (Å²) < 4.78 is 0. The fourth-order valence-corrected chi connectivity index (χ4v) is 2.29. The second-order valence-corrected chi connectivity index (χ2v) is 5.95. The average molecular weight is 325 g/mol. The van der Waals surface area contributed by atoms with Crippen LogP contribution in [0.3, 0.4) is 0 Å². The lowest BCUT2D eigenvalue weighted by atomic mass is 10.2. The van der Waals surface area contributed by atoms with Gasteiger partial charge < -0.3 is 15.5 Å². The van der Waals surface area contributed by atoms with Crippen molar-refractivity contribution in [2.75, 3.05) is 29.6 Å². The van der Waals surface area contributed by atoms with E-state index in [9.17, 15) is 9.59 Å². The van der Waals surface area contributed by atoms with Crippen LogP contribution < -0.4 is 15.5 Å². The number of nitrogens with zero attached hydrogens (tertiary/aromatic N) is 3. The van der Waals surface area contributed by atoms with Crippen LogP contribution >= 0.6 is 0 Å². The molecule has 0 spiro atoms. The molecule has 7 nitrogen and oxygen atoms in total. The quantitative estimate of drug-likeness (QED) is 0.879. The first-order valence-corrected chi connectivity index (χ1v) is 7.74. The number of nitrogens with one attached hydrogen (secondary N) is 2. The van der Waals surface area contributed by atoms with Crippen LogP contribution in [-0.2, 0) is 4.79 Å². The normalized spacial score (nSPS) is 13.2. The number of hydrogen-bond donors (Lipinski definition) is 2. The Bertz CT molecular complexity index is 771. The molecule has 0 bridgehead atoms. The van der Waals surface area contributed by atoms with E-state index in [1.165, 1.54) is 6.33 Å². The second kappa shape index (κ2) is 6.66. The van der Waals surface area contributed by atoms with Gasteiger partial charge in [0.1, 0.15) is 12.0 Å². The van der Waals surface area contributed by atoms with Crippen molar-refractivity contribution in [3.63, 3.8) is 0 Å². The summed E-state index contributed by atoms with van der Waals surface area (Å²) in [5.74, 6) is 0.470. The van der Waals surface area contributed by atoms with Crippen LogP contribution in [0.5, 0.6) is 0 Å². The third kappa shape index (κ3) is 3.68. The molecule has 0 saturated heterocycles. The predicted octanol–water partition coefficient (Wildman–Crippen LogP) is 2.14. The van der Waals surface area contributed by atoms with Gasteiger partial charge in [-0.05, 0) is 31.0 Å². The molecule has 2 N–H and O–H groups in total. The van der Waals surface area contributed by atoms with Crippen molar-refractivity contribution >= 4 is 29.0 Å². The standard InChI is InChI=1S/C17H19N5O2/c1-22(2)15-14(9-18-10-19-15)21-17(24)12-4-3-5-13(8-12)20-16(23)11-6-7-11/h3-5,8-11H,6-7H2,1-2H3,(H,20,23)(H,21,24). The molecule has 1 aromatic carbocycles. The summed E-state index contributed by atoms with van der Waals surface area (Å²) in [6, 6.07) is 6.87. The summed E-state index contributed by atoms with van der Waals surface area (Å²) in [5.41, 5.74) is 1.61. The molecule has 24 heavy (non-hydrogen) atoms. The molecule has 1 saturated carbocycles. The molecule has 2 aromatic rings. The van der Waals surface area contributed by atoms with Crippen LogP contribution in [0.2, 0.25) is 0 Å². The second-order valence-electron chi connectivity index (χ2n) is 5.95.